The Hall–Kier alpha value is -0.433. The van der Waals surface area contributed by atoms with Gasteiger partial charge in [-0.1, -0.05) is 20.8 Å². The fourth-order valence-corrected chi connectivity index (χ4v) is 4.09. The third-order valence-electron chi connectivity index (χ3n) is 5.35. The second-order valence-corrected chi connectivity index (χ2v) is 14.0. The average Bonchev–Trinajstić information content (AvgIpc) is 2.93. The minimum Gasteiger partial charge on any atom is -0.495 e. The second-order valence-electron chi connectivity index (χ2n) is 8.26. The van der Waals surface area contributed by atoms with E-state index >= 15 is 0 Å². The molecule has 1 atom stereocenters. The first-order valence-electron chi connectivity index (χ1n) is 8.67. The number of pyridine rings is 1. The number of hydrogen-bond acceptors (Lipinski definition) is 4. The van der Waals surface area contributed by atoms with Crippen molar-refractivity contribution >= 4 is 24.2 Å². The Labute approximate surface area is 156 Å². The van der Waals surface area contributed by atoms with Gasteiger partial charge in [0.1, 0.15) is 5.75 Å². The number of ether oxygens (including phenoxy) is 1. The number of methoxy groups -OCH3 is 1. The minimum atomic E-state index is -1.65. The van der Waals surface area contributed by atoms with Gasteiger partial charge in [-0.2, -0.15) is 0 Å². The molecule has 1 aliphatic rings. The van der Waals surface area contributed by atoms with Crippen molar-refractivity contribution in [2.75, 3.05) is 26.8 Å². The molecule has 0 unspecified atom stereocenters. The van der Waals surface area contributed by atoms with Crippen LogP contribution in [-0.2, 0) is 11.0 Å². The Morgan fingerprint density at radius 2 is 2.08 bits per heavy atom. The first kappa shape index (κ1) is 19.9. The lowest BCUT2D eigenvalue weighted by Gasteiger charge is -2.37. The zero-order chi connectivity index (χ0) is 18.0. The van der Waals surface area contributed by atoms with E-state index < -0.39 is 8.32 Å². The number of halogens is 1. The molecule has 2 rings (SSSR count). The van der Waals surface area contributed by atoms with Crippen LogP contribution < -0.4 is 4.74 Å². The fourth-order valence-electron chi connectivity index (χ4n) is 2.69. The lowest BCUT2D eigenvalue weighted by molar-refractivity contribution is 0.220. The maximum atomic E-state index is 6.40. The van der Waals surface area contributed by atoms with E-state index in [-0.39, 0.29) is 5.04 Å². The van der Waals surface area contributed by atoms with Crippen LogP contribution >= 0.6 is 15.9 Å². The lowest BCUT2D eigenvalue weighted by atomic mass is 10.1. The smallest absolute Gasteiger partial charge is 0.191 e. The van der Waals surface area contributed by atoms with Crippen molar-refractivity contribution in [1.29, 1.82) is 0 Å². The van der Waals surface area contributed by atoms with E-state index in [1.807, 2.05) is 12.3 Å². The van der Waals surface area contributed by atoms with Crippen LogP contribution in [0.5, 0.6) is 5.75 Å². The first-order valence-corrected chi connectivity index (χ1v) is 12.4. The predicted molar refractivity (Wildman–Crippen MR) is 105 cm³/mol. The molecule has 0 bridgehead atoms. The predicted octanol–water partition coefficient (Wildman–Crippen LogP) is 4.70. The molecule has 0 aliphatic carbocycles. The summed E-state index contributed by atoms with van der Waals surface area (Å²) >= 11 is 3.45. The van der Waals surface area contributed by atoms with Gasteiger partial charge in [-0.3, -0.25) is 9.88 Å². The monoisotopic (exact) mass is 414 g/mol. The molecule has 1 aromatic heterocycles. The van der Waals surface area contributed by atoms with Crippen LogP contribution in [0.1, 0.15) is 32.9 Å². The third-order valence-corrected chi connectivity index (χ3v) is 10.3. The van der Waals surface area contributed by atoms with Crippen molar-refractivity contribution in [3.8, 4) is 5.75 Å². The highest BCUT2D eigenvalue weighted by molar-refractivity contribution is 9.10. The number of aromatic nitrogens is 1. The van der Waals surface area contributed by atoms with Crippen LogP contribution in [-0.4, -0.2) is 45.0 Å². The number of nitrogens with zero attached hydrogens (tertiary/aromatic N) is 2. The zero-order valence-corrected chi connectivity index (χ0v) is 18.4. The summed E-state index contributed by atoms with van der Waals surface area (Å²) in [5.74, 6) is 1.48. The molecule has 0 spiro atoms. The van der Waals surface area contributed by atoms with Gasteiger partial charge in [0.2, 0.25) is 0 Å². The minimum absolute atomic E-state index is 0.278. The topological polar surface area (TPSA) is 34.6 Å². The van der Waals surface area contributed by atoms with E-state index in [1.54, 1.807) is 7.11 Å². The summed E-state index contributed by atoms with van der Waals surface area (Å²) in [6.45, 7) is 15.5. The van der Waals surface area contributed by atoms with Crippen LogP contribution in [0.2, 0.25) is 18.1 Å². The Kier molecular flexibility index (Phi) is 6.50. The maximum absolute atomic E-state index is 6.40. The number of hydrogen-bond donors (Lipinski definition) is 0. The molecule has 0 saturated carbocycles. The quantitative estimate of drug-likeness (QED) is 0.631. The molecule has 2 heterocycles. The van der Waals surface area contributed by atoms with Gasteiger partial charge in [0.05, 0.1) is 12.8 Å². The van der Waals surface area contributed by atoms with E-state index in [0.29, 0.717) is 5.92 Å². The molecule has 0 radical (unpaired) electrons. The summed E-state index contributed by atoms with van der Waals surface area (Å²) in [6.07, 6.45) is 3.04. The van der Waals surface area contributed by atoms with Crippen molar-refractivity contribution in [3.05, 3.63) is 22.4 Å². The normalized spacial score (nSPS) is 19.7. The average molecular weight is 415 g/mol. The Balaban J connectivity index is 1.88. The molecule has 1 fully saturated rings. The van der Waals surface area contributed by atoms with Crippen molar-refractivity contribution < 1.29 is 9.16 Å². The number of likely N-dealkylation sites (tertiary alicyclic amines) is 1. The molecule has 24 heavy (non-hydrogen) atoms. The molecule has 1 saturated heterocycles. The van der Waals surface area contributed by atoms with E-state index in [9.17, 15) is 0 Å². The summed E-state index contributed by atoms with van der Waals surface area (Å²) < 4.78 is 12.8. The zero-order valence-electron chi connectivity index (χ0n) is 15.9. The van der Waals surface area contributed by atoms with Crippen molar-refractivity contribution in [2.45, 2.75) is 51.9 Å². The summed E-state index contributed by atoms with van der Waals surface area (Å²) in [6, 6.07) is 1.98. The van der Waals surface area contributed by atoms with E-state index in [2.05, 4.69) is 59.7 Å². The van der Waals surface area contributed by atoms with Crippen LogP contribution in [0.15, 0.2) is 16.7 Å². The lowest BCUT2D eigenvalue weighted by Crippen LogP contribution is -2.42. The highest BCUT2D eigenvalue weighted by Crippen LogP contribution is 2.37. The largest absolute Gasteiger partial charge is 0.495 e. The van der Waals surface area contributed by atoms with Crippen LogP contribution in [0, 0.1) is 5.92 Å². The molecule has 0 aromatic carbocycles. The van der Waals surface area contributed by atoms with Gasteiger partial charge in [0.15, 0.2) is 8.32 Å². The van der Waals surface area contributed by atoms with Crippen LogP contribution in [0.4, 0.5) is 0 Å². The van der Waals surface area contributed by atoms with Gasteiger partial charge in [-0.25, -0.2) is 0 Å². The fraction of sp³-hybridized carbons (Fsp3) is 0.722. The maximum Gasteiger partial charge on any atom is 0.191 e. The summed E-state index contributed by atoms with van der Waals surface area (Å²) in [5, 5.41) is 0.278. The summed E-state index contributed by atoms with van der Waals surface area (Å²) in [7, 11) is 0.0555. The van der Waals surface area contributed by atoms with Crippen molar-refractivity contribution in [1.82, 2.24) is 9.88 Å². The molecule has 0 amide bonds. The molecule has 1 aromatic rings. The third kappa shape index (κ3) is 5.03. The van der Waals surface area contributed by atoms with Gasteiger partial charge >= 0.3 is 0 Å². The summed E-state index contributed by atoms with van der Waals surface area (Å²) in [4.78, 5) is 6.97. The second kappa shape index (κ2) is 7.85. The van der Waals surface area contributed by atoms with Crippen LogP contribution in [0.3, 0.4) is 0 Å². The van der Waals surface area contributed by atoms with E-state index in [4.69, 9.17) is 9.16 Å². The van der Waals surface area contributed by atoms with Crippen molar-refractivity contribution in [3.63, 3.8) is 0 Å². The first-order chi connectivity index (χ1) is 11.1. The molecule has 1 aliphatic heterocycles. The van der Waals surface area contributed by atoms with Crippen LogP contribution in [0.25, 0.3) is 0 Å². The molecule has 0 N–H and O–H groups in total. The van der Waals surface area contributed by atoms with E-state index in [1.165, 1.54) is 6.42 Å². The Morgan fingerprint density at radius 1 is 1.38 bits per heavy atom. The van der Waals surface area contributed by atoms with Gasteiger partial charge in [-0.05, 0) is 59.0 Å². The molecule has 136 valence electrons. The standard InChI is InChI=1S/C18H31BrN2O2Si/c1-18(2,3)24(5,6)23-13-14-7-8-21(11-14)12-16-17(22-4)9-15(19)10-20-16/h9-10,14H,7-8,11-13H2,1-6H3/t14-/m0/s1. The molecular weight excluding hydrogens is 384 g/mol. The Morgan fingerprint density at radius 3 is 2.71 bits per heavy atom. The molecule has 4 nitrogen and oxygen atoms in total. The highest BCUT2D eigenvalue weighted by Gasteiger charge is 2.38. The van der Waals surface area contributed by atoms with Gasteiger partial charge < -0.3 is 9.16 Å². The molecule has 6 heteroatoms. The summed E-state index contributed by atoms with van der Waals surface area (Å²) in [5.41, 5.74) is 1.01. The van der Waals surface area contributed by atoms with E-state index in [0.717, 1.165) is 42.2 Å². The van der Waals surface area contributed by atoms with Gasteiger partial charge in [0.25, 0.3) is 0 Å². The number of rotatable bonds is 6. The molecular formula is C18H31BrN2O2Si. The highest BCUT2D eigenvalue weighted by atomic mass is 79.9. The van der Waals surface area contributed by atoms with Gasteiger partial charge in [0, 0.05) is 30.4 Å². The van der Waals surface area contributed by atoms with Gasteiger partial charge in [-0.15, -0.1) is 0 Å². The SMILES string of the molecule is COc1cc(Br)cnc1CN1CC[C@H](CO[Si](C)(C)C(C)(C)C)C1. The Bertz CT molecular complexity index is 560. The van der Waals surface area contributed by atoms with Crippen molar-refractivity contribution in [2.24, 2.45) is 5.92 Å².